The number of nitrogens with one attached hydrogen (secondary N) is 1. The van der Waals surface area contributed by atoms with Gasteiger partial charge in [-0.1, -0.05) is 36.4 Å². The monoisotopic (exact) mass is 335 g/mol. The number of carbonyl (C=O) groups is 1. The maximum Gasteiger partial charge on any atom is 0.274 e. The lowest BCUT2D eigenvalue weighted by Crippen LogP contribution is -2.30. The predicted molar refractivity (Wildman–Crippen MR) is 90.2 cm³/mol. The van der Waals surface area contributed by atoms with Gasteiger partial charge in [-0.15, -0.1) is 0 Å². The number of allylic oxidation sites excluding steroid dienone is 2. The van der Waals surface area contributed by atoms with Gasteiger partial charge in [0.25, 0.3) is 5.69 Å². The Morgan fingerprint density at radius 2 is 1.96 bits per heavy atom. The van der Waals surface area contributed by atoms with Gasteiger partial charge in [-0.3, -0.25) is 10.1 Å². The Hall–Kier alpha value is -3.15. The average Bonchev–Trinajstić information content (AvgIpc) is 3.10. The number of nitro benzene ring substituents is 1. The molecule has 1 heterocycles. The molecule has 2 aromatic rings. The van der Waals surface area contributed by atoms with Crippen LogP contribution in [0.3, 0.4) is 0 Å². The van der Waals surface area contributed by atoms with Crippen LogP contribution < -0.4 is 10.4 Å². The van der Waals surface area contributed by atoms with Crippen molar-refractivity contribution in [2.75, 3.05) is 5.32 Å². The number of para-hydroxylation sites is 1. The second kappa shape index (κ2) is 5.73. The van der Waals surface area contributed by atoms with Crippen LogP contribution in [0.25, 0.3) is 0 Å². The Morgan fingerprint density at radius 1 is 1.16 bits per heavy atom. The van der Waals surface area contributed by atoms with Gasteiger partial charge in [-0.05, 0) is 35.6 Å². The van der Waals surface area contributed by atoms with Crippen LogP contribution in [0.1, 0.15) is 39.9 Å². The SMILES string of the molecule is O=C([O-])c1ccc2c(c1)[C@H]1C=CC[C@H]1[C@H](c1ccccc1[N+](=O)[O-])N2. The predicted octanol–water partition coefficient (Wildman–Crippen LogP) is 2.78. The number of fused-ring (bicyclic) bond motifs is 3. The highest BCUT2D eigenvalue weighted by Gasteiger charge is 2.40. The highest BCUT2D eigenvalue weighted by atomic mass is 16.6. The molecule has 0 fully saturated rings. The lowest BCUT2D eigenvalue weighted by molar-refractivity contribution is -0.385. The van der Waals surface area contributed by atoms with Gasteiger partial charge in [0.1, 0.15) is 0 Å². The van der Waals surface area contributed by atoms with E-state index in [4.69, 9.17) is 0 Å². The van der Waals surface area contributed by atoms with Gasteiger partial charge in [0.15, 0.2) is 0 Å². The van der Waals surface area contributed by atoms with E-state index in [2.05, 4.69) is 17.5 Å². The van der Waals surface area contributed by atoms with E-state index in [1.165, 1.54) is 12.1 Å². The van der Waals surface area contributed by atoms with E-state index in [9.17, 15) is 20.0 Å². The summed E-state index contributed by atoms with van der Waals surface area (Å²) in [7, 11) is 0. The number of nitrogens with zero attached hydrogens (tertiary/aromatic N) is 1. The first-order chi connectivity index (χ1) is 12.1. The molecule has 126 valence electrons. The Bertz CT molecular complexity index is 906. The van der Waals surface area contributed by atoms with Crippen molar-refractivity contribution in [2.24, 2.45) is 5.92 Å². The summed E-state index contributed by atoms with van der Waals surface area (Å²) < 4.78 is 0. The fourth-order valence-electron chi connectivity index (χ4n) is 3.95. The summed E-state index contributed by atoms with van der Waals surface area (Å²) in [5.74, 6) is -1.08. The fourth-order valence-corrected chi connectivity index (χ4v) is 3.95. The number of hydrogen-bond acceptors (Lipinski definition) is 5. The van der Waals surface area contributed by atoms with E-state index in [0.717, 1.165) is 17.7 Å². The molecule has 0 saturated heterocycles. The maximum atomic E-state index is 11.4. The van der Waals surface area contributed by atoms with Gasteiger partial charge in [0.2, 0.25) is 0 Å². The number of carboxylic acids is 1. The number of benzene rings is 2. The van der Waals surface area contributed by atoms with Crippen molar-refractivity contribution in [2.45, 2.75) is 18.4 Å². The van der Waals surface area contributed by atoms with Crippen molar-refractivity contribution < 1.29 is 14.8 Å². The molecule has 1 aliphatic carbocycles. The van der Waals surface area contributed by atoms with Crippen molar-refractivity contribution in [1.29, 1.82) is 0 Å². The molecule has 0 spiro atoms. The van der Waals surface area contributed by atoms with E-state index in [0.29, 0.717) is 5.56 Å². The maximum absolute atomic E-state index is 11.4. The number of aromatic carboxylic acids is 1. The van der Waals surface area contributed by atoms with E-state index in [-0.39, 0.29) is 34.1 Å². The number of anilines is 1. The molecule has 2 aromatic carbocycles. The molecule has 0 aromatic heterocycles. The van der Waals surface area contributed by atoms with E-state index >= 15 is 0 Å². The summed E-state index contributed by atoms with van der Waals surface area (Å²) in [6.07, 6.45) is 4.90. The minimum absolute atomic E-state index is 0.0281. The lowest BCUT2D eigenvalue weighted by atomic mass is 9.76. The molecule has 6 nitrogen and oxygen atoms in total. The molecule has 3 atom stereocenters. The Balaban J connectivity index is 1.81. The summed E-state index contributed by atoms with van der Waals surface area (Å²) in [5.41, 5.74) is 2.60. The Kier molecular flexibility index (Phi) is 3.53. The van der Waals surface area contributed by atoms with Crippen LogP contribution in [0, 0.1) is 16.0 Å². The first-order valence-corrected chi connectivity index (χ1v) is 8.08. The van der Waals surface area contributed by atoms with E-state index in [1.54, 1.807) is 30.3 Å². The number of hydrogen-bond donors (Lipinski definition) is 1. The molecular weight excluding hydrogens is 320 g/mol. The largest absolute Gasteiger partial charge is 0.545 e. The van der Waals surface area contributed by atoms with E-state index in [1.807, 2.05) is 0 Å². The molecule has 0 unspecified atom stereocenters. The number of rotatable bonds is 3. The number of carbonyl (C=O) groups excluding carboxylic acids is 1. The zero-order valence-electron chi connectivity index (χ0n) is 13.2. The number of carboxylic acid groups (broad SMARTS) is 1. The molecule has 0 saturated carbocycles. The summed E-state index contributed by atoms with van der Waals surface area (Å²) >= 11 is 0. The van der Waals surface area contributed by atoms with Crippen molar-refractivity contribution >= 4 is 17.3 Å². The minimum atomic E-state index is -1.21. The average molecular weight is 335 g/mol. The molecule has 0 radical (unpaired) electrons. The first-order valence-electron chi connectivity index (χ1n) is 8.08. The standard InChI is InChI=1S/C19H16N2O4/c22-19(23)11-8-9-16-15(10-11)12-5-3-6-13(12)18(20-16)14-4-1-2-7-17(14)21(24)25/h1-5,7-10,12-13,18,20H,6H2,(H,22,23)/p-1/t12-,13+,18+/m0/s1. The van der Waals surface area contributed by atoms with Gasteiger partial charge in [-0.25, -0.2) is 0 Å². The van der Waals surface area contributed by atoms with Crippen molar-refractivity contribution in [3.63, 3.8) is 0 Å². The quantitative estimate of drug-likeness (QED) is 0.529. The van der Waals surface area contributed by atoms with E-state index < -0.39 is 5.97 Å². The van der Waals surface area contributed by atoms with Crippen molar-refractivity contribution in [3.05, 3.63) is 81.4 Å². The normalized spacial score (nSPS) is 23.4. The summed E-state index contributed by atoms with van der Waals surface area (Å²) in [6.45, 7) is 0. The van der Waals surface area contributed by atoms with Crippen molar-refractivity contribution in [1.82, 2.24) is 0 Å². The topological polar surface area (TPSA) is 95.3 Å². The third-order valence-corrected chi connectivity index (χ3v) is 5.07. The molecule has 0 bridgehead atoms. The Morgan fingerprint density at radius 3 is 2.72 bits per heavy atom. The second-order valence-electron chi connectivity index (χ2n) is 6.38. The van der Waals surface area contributed by atoms with Crippen LogP contribution in [0.2, 0.25) is 0 Å². The van der Waals surface area contributed by atoms with Crippen LogP contribution in [-0.2, 0) is 0 Å². The molecule has 1 aliphatic heterocycles. The van der Waals surface area contributed by atoms with Crippen LogP contribution in [0.4, 0.5) is 11.4 Å². The third kappa shape index (κ3) is 2.46. The lowest BCUT2D eigenvalue weighted by Gasteiger charge is -2.37. The fraction of sp³-hybridized carbons (Fsp3) is 0.211. The number of nitro groups is 1. The van der Waals surface area contributed by atoms with Gasteiger partial charge in [0.05, 0.1) is 22.5 Å². The highest BCUT2D eigenvalue weighted by Crippen LogP contribution is 2.51. The molecule has 6 heteroatoms. The van der Waals surface area contributed by atoms with Crippen LogP contribution >= 0.6 is 0 Å². The molecule has 25 heavy (non-hydrogen) atoms. The summed E-state index contributed by atoms with van der Waals surface area (Å²) in [5, 5.41) is 26.0. The summed E-state index contributed by atoms with van der Waals surface area (Å²) in [6, 6.07) is 11.4. The van der Waals surface area contributed by atoms with Crippen LogP contribution in [-0.4, -0.2) is 10.9 Å². The molecule has 0 amide bonds. The zero-order valence-corrected chi connectivity index (χ0v) is 13.2. The molecule has 4 rings (SSSR count). The van der Waals surface area contributed by atoms with Gasteiger partial charge in [-0.2, -0.15) is 0 Å². The molecule has 2 aliphatic rings. The molecular formula is C19H15N2O4-. The van der Waals surface area contributed by atoms with Crippen LogP contribution in [0.5, 0.6) is 0 Å². The highest BCUT2D eigenvalue weighted by molar-refractivity contribution is 5.87. The molecule has 1 N–H and O–H groups in total. The van der Waals surface area contributed by atoms with Gasteiger partial charge < -0.3 is 15.2 Å². The second-order valence-corrected chi connectivity index (χ2v) is 6.38. The van der Waals surface area contributed by atoms with Crippen LogP contribution in [0.15, 0.2) is 54.6 Å². The van der Waals surface area contributed by atoms with Gasteiger partial charge >= 0.3 is 0 Å². The Labute approximate surface area is 144 Å². The first kappa shape index (κ1) is 15.4. The third-order valence-electron chi connectivity index (χ3n) is 5.07. The van der Waals surface area contributed by atoms with Gasteiger partial charge in [0, 0.05) is 17.7 Å². The van der Waals surface area contributed by atoms with Crippen molar-refractivity contribution in [3.8, 4) is 0 Å². The minimum Gasteiger partial charge on any atom is -0.545 e. The smallest absolute Gasteiger partial charge is 0.274 e. The zero-order chi connectivity index (χ0) is 17.6. The summed E-state index contributed by atoms with van der Waals surface area (Å²) in [4.78, 5) is 22.2.